The summed E-state index contributed by atoms with van der Waals surface area (Å²) in [5, 5.41) is 14.6. The molecular weight excluding hydrogens is 260 g/mol. The Morgan fingerprint density at radius 2 is 2.21 bits per heavy atom. The van der Waals surface area contributed by atoms with Crippen molar-refractivity contribution >= 4 is 11.6 Å². The third-order valence-corrected chi connectivity index (χ3v) is 4.25. The molecule has 1 unspecified atom stereocenters. The lowest BCUT2D eigenvalue weighted by Gasteiger charge is -2.31. The summed E-state index contributed by atoms with van der Waals surface area (Å²) in [4.78, 5) is 2.23. The Hall–Kier alpha value is -1.05. The maximum atomic E-state index is 9.24. The van der Waals surface area contributed by atoms with Crippen LogP contribution in [0.15, 0.2) is 0 Å². The molecule has 0 spiro atoms. The van der Waals surface area contributed by atoms with E-state index in [2.05, 4.69) is 29.9 Å². The van der Waals surface area contributed by atoms with Crippen molar-refractivity contribution in [2.45, 2.75) is 58.7 Å². The van der Waals surface area contributed by atoms with Crippen molar-refractivity contribution in [1.29, 1.82) is 5.26 Å². The van der Waals surface area contributed by atoms with Gasteiger partial charge in [-0.15, -0.1) is 0 Å². The number of piperidine rings is 1. The zero-order valence-electron chi connectivity index (χ0n) is 11.7. The van der Waals surface area contributed by atoms with Crippen molar-refractivity contribution in [1.82, 2.24) is 14.7 Å². The molecule has 19 heavy (non-hydrogen) atoms. The van der Waals surface area contributed by atoms with Crippen LogP contribution in [-0.4, -0.2) is 27.3 Å². The van der Waals surface area contributed by atoms with Gasteiger partial charge in [-0.05, 0) is 39.2 Å². The van der Waals surface area contributed by atoms with Gasteiger partial charge in [0.1, 0.15) is 0 Å². The molecule has 1 atom stereocenters. The molecule has 0 N–H and O–H groups in total. The Morgan fingerprint density at radius 3 is 2.84 bits per heavy atom. The minimum absolute atomic E-state index is 0.0232. The van der Waals surface area contributed by atoms with E-state index < -0.39 is 0 Å². The number of hydrogen-bond acceptors (Lipinski definition) is 3. The van der Waals surface area contributed by atoms with Crippen LogP contribution in [0.4, 0.5) is 0 Å². The van der Waals surface area contributed by atoms with E-state index in [1.54, 1.807) is 0 Å². The Labute approximate surface area is 120 Å². The quantitative estimate of drug-likeness (QED) is 0.852. The van der Waals surface area contributed by atoms with E-state index in [1.807, 2.05) is 4.68 Å². The number of rotatable bonds is 4. The second-order valence-corrected chi connectivity index (χ2v) is 5.37. The molecule has 2 heterocycles. The molecule has 1 aliphatic rings. The van der Waals surface area contributed by atoms with Crippen molar-refractivity contribution < 1.29 is 0 Å². The van der Waals surface area contributed by atoms with Gasteiger partial charge in [0, 0.05) is 13.1 Å². The van der Waals surface area contributed by atoms with Crippen LogP contribution in [0.2, 0.25) is 5.02 Å². The monoisotopic (exact) mass is 280 g/mol. The van der Waals surface area contributed by atoms with Gasteiger partial charge in [-0.3, -0.25) is 9.58 Å². The van der Waals surface area contributed by atoms with Gasteiger partial charge in [-0.25, -0.2) is 0 Å². The van der Waals surface area contributed by atoms with E-state index in [4.69, 9.17) is 11.6 Å². The van der Waals surface area contributed by atoms with Gasteiger partial charge < -0.3 is 0 Å². The zero-order valence-corrected chi connectivity index (χ0v) is 12.4. The SMILES string of the molecule is CCc1nn(CC)c(CN2CCCCC2C#N)c1Cl. The molecule has 2 rings (SSSR count). The van der Waals surface area contributed by atoms with E-state index in [0.717, 1.165) is 61.7 Å². The van der Waals surface area contributed by atoms with Crippen molar-refractivity contribution in [2.24, 2.45) is 0 Å². The average molecular weight is 281 g/mol. The second kappa shape index (κ2) is 6.40. The molecule has 1 aromatic rings. The average Bonchev–Trinajstić information content (AvgIpc) is 2.76. The summed E-state index contributed by atoms with van der Waals surface area (Å²) in [7, 11) is 0. The van der Waals surface area contributed by atoms with Crippen LogP contribution in [-0.2, 0) is 19.5 Å². The van der Waals surface area contributed by atoms with Gasteiger partial charge in [-0.1, -0.05) is 18.5 Å². The van der Waals surface area contributed by atoms with E-state index in [1.165, 1.54) is 0 Å². The van der Waals surface area contributed by atoms with Crippen LogP contribution in [0.1, 0.15) is 44.5 Å². The number of nitrogens with zero attached hydrogens (tertiary/aromatic N) is 4. The first-order valence-corrected chi connectivity index (χ1v) is 7.46. The van der Waals surface area contributed by atoms with E-state index in [-0.39, 0.29) is 6.04 Å². The minimum atomic E-state index is 0.0232. The van der Waals surface area contributed by atoms with Crippen molar-refractivity contribution in [3.05, 3.63) is 16.4 Å². The van der Waals surface area contributed by atoms with Crippen molar-refractivity contribution in [3.8, 4) is 6.07 Å². The highest BCUT2D eigenvalue weighted by Crippen LogP contribution is 2.26. The van der Waals surface area contributed by atoms with Crippen molar-refractivity contribution in [2.75, 3.05) is 6.54 Å². The summed E-state index contributed by atoms with van der Waals surface area (Å²) in [5.41, 5.74) is 2.02. The highest BCUT2D eigenvalue weighted by Gasteiger charge is 2.25. The summed E-state index contributed by atoms with van der Waals surface area (Å²) < 4.78 is 1.98. The van der Waals surface area contributed by atoms with Crippen LogP contribution in [0.25, 0.3) is 0 Å². The minimum Gasteiger partial charge on any atom is -0.282 e. The lowest BCUT2D eigenvalue weighted by Crippen LogP contribution is -2.38. The molecule has 1 aromatic heterocycles. The molecular formula is C14H21ClN4. The summed E-state index contributed by atoms with van der Waals surface area (Å²) >= 11 is 6.43. The number of likely N-dealkylation sites (tertiary alicyclic amines) is 1. The molecule has 0 amide bonds. The van der Waals surface area contributed by atoms with Crippen molar-refractivity contribution in [3.63, 3.8) is 0 Å². The molecule has 104 valence electrons. The molecule has 0 bridgehead atoms. The topological polar surface area (TPSA) is 44.9 Å². The molecule has 1 aliphatic heterocycles. The van der Waals surface area contributed by atoms with Crippen LogP contribution in [0.5, 0.6) is 0 Å². The molecule has 0 aromatic carbocycles. The fourth-order valence-corrected chi connectivity index (χ4v) is 3.02. The summed E-state index contributed by atoms with van der Waals surface area (Å²) in [5.74, 6) is 0. The molecule has 0 saturated carbocycles. The number of hydrogen-bond donors (Lipinski definition) is 0. The fraction of sp³-hybridized carbons (Fsp3) is 0.714. The molecule has 0 radical (unpaired) electrons. The fourth-order valence-electron chi connectivity index (χ4n) is 2.69. The highest BCUT2D eigenvalue weighted by atomic mass is 35.5. The summed E-state index contributed by atoms with van der Waals surface area (Å²) in [6, 6.07) is 2.43. The van der Waals surface area contributed by atoms with Gasteiger partial charge in [0.2, 0.25) is 0 Å². The maximum absolute atomic E-state index is 9.24. The van der Waals surface area contributed by atoms with Crippen LogP contribution >= 0.6 is 11.6 Å². The third-order valence-electron chi connectivity index (χ3n) is 3.81. The van der Waals surface area contributed by atoms with Gasteiger partial charge in [0.25, 0.3) is 0 Å². The Morgan fingerprint density at radius 1 is 1.42 bits per heavy atom. The normalized spacial score (nSPS) is 20.4. The number of halogens is 1. The van der Waals surface area contributed by atoms with Gasteiger partial charge in [0.05, 0.1) is 28.5 Å². The Bertz CT molecular complexity index is 475. The van der Waals surface area contributed by atoms with E-state index in [0.29, 0.717) is 0 Å². The molecule has 5 heteroatoms. The Kier molecular flexibility index (Phi) is 4.84. The zero-order chi connectivity index (χ0) is 13.8. The lowest BCUT2D eigenvalue weighted by atomic mass is 10.0. The molecule has 1 saturated heterocycles. The number of nitriles is 1. The van der Waals surface area contributed by atoms with Gasteiger partial charge >= 0.3 is 0 Å². The van der Waals surface area contributed by atoms with Crippen LogP contribution < -0.4 is 0 Å². The maximum Gasteiger partial charge on any atom is 0.0981 e. The first-order valence-electron chi connectivity index (χ1n) is 7.08. The largest absolute Gasteiger partial charge is 0.282 e. The van der Waals surface area contributed by atoms with E-state index >= 15 is 0 Å². The predicted molar refractivity (Wildman–Crippen MR) is 76.0 cm³/mol. The standard InChI is InChI=1S/C14H21ClN4/c1-3-12-14(15)13(19(4-2)17-12)10-18-8-6-5-7-11(18)9-16/h11H,3-8,10H2,1-2H3. The molecule has 1 fully saturated rings. The predicted octanol–water partition coefficient (Wildman–Crippen LogP) is 3.00. The van der Waals surface area contributed by atoms with Gasteiger partial charge in [-0.2, -0.15) is 10.4 Å². The third kappa shape index (κ3) is 2.93. The molecule has 4 nitrogen and oxygen atoms in total. The highest BCUT2D eigenvalue weighted by molar-refractivity contribution is 6.31. The van der Waals surface area contributed by atoms with Crippen LogP contribution in [0, 0.1) is 11.3 Å². The van der Waals surface area contributed by atoms with Gasteiger partial charge in [0.15, 0.2) is 0 Å². The van der Waals surface area contributed by atoms with E-state index in [9.17, 15) is 5.26 Å². The summed E-state index contributed by atoms with van der Waals surface area (Å²) in [6.45, 7) is 6.67. The summed E-state index contributed by atoms with van der Waals surface area (Å²) in [6.07, 6.45) is 4.13. The Balaban J connectivity index is 2.22. The smallest absolute Gasteiger partial charge is 0.0981 e. The van der Waals surface area contributed by atoms with Crippen LogP contribution in [0.3, 0.4) is 0 Å². The number of aromatic nitrogens is 2. The lowest BCUT2D eigenvalue weighted by molar-refractivity contribution is 0.171. The number of aryl methyl sites for hydroxylation is 2. The second-order valence-electron chi connectivity index (χ2n) is 4.99. The first kappa shape index (κ1) is 14.4. The first-order chi connectivity index (χ1) is 9.21. The molecule has 0 aliphatic carbocycles.